The Hall–Kier alpha value is -2.58. The second kappa shape index (κ2) is 8.90. The van der Waals surface area contributed by atoms with Crippen molar-refractivity contribution in [2.75, 3.05) is 13.2 Å². The fraction of sp³-hybridized carbons (Fsp3) is 0.182. The van der Waals surface area contributed by atoms with Crippen molar-refractivity contribution < 1.29 is 4.74 Å². The molecule has 0 atom stereocenters. The van der Waals surface area contributed by atoms with Gasteiger partial charge in [0.1, 0.15) is 5.75 Å². The molecule has 2 nitrogen and oxygen atoms in total. The van der Waals surface area contributed by atoms with E-state index >= 15 is 0 Å². The first-order valence-corrected chi connectivity index (χ1v) is 8.45. The summed E-state index contributed by atoms with van der Waals surface area (Å²) in [7, 11) is 0. The first-order valence-electron chi connectivity index (χ1n) is 8.45. The Morgan fingerprint density at radius 3 is 2.00 bits per heavy atom. The fourth-order valence-corrected chi connectivity index (χ4v) is 2.59. The minimum atomic E-state index is 0.729. The SMILES string of the molecule is c1ccc(CNCCCOc2ccc(-c3ccccc3)cc2)cc1. The van der Waals surface area contributed by atoms with Crippen LogP contribution in [0.15, 0.2) is 84.9 Å². The minimum absolute atomic E-state index is 0.729. The Labute approximate surface area is 144 Å². The lowest BCUT2D eigenvalue weighted by Crippen LogP contribution is -2.16. The highest BCUT2D eigenvalue weighted by molar-refractivity contribution is 5.63. The molecule has 0 unspecified atom stereocenters. The Morgan fingerprint density at radius 1 is 0.667 bits per heavy atom. The molecule has 1 N–H and O–H groups in total. The Kier molecular flexibility index (Phi) is 6.04. The van der Waals surface area contributed by atoms with Crippen LogP contribution in [0.1, 0.15) is 12.0 Å². The average molecular weight is 317 g/mol. The van der Waals surface area contributed by atoms with Crippen LogP contribution in [0, 0.1) is 0 Å². The second-order valence-corrected chi connectivity index (χ2v) is 5.75. The van der Waals surface area contributed by atoms with E-state index in [9.17, 15) is 0 Å². The van der Waals surface area contributed by atoms with Gasteiger partial charge in [0.25, 0.3) is 0 Å². The molecule has 3 aromatic rings. The quantitative estimate of drug-likeness (QED) is 0.596. The summed E-state index contributed by atoms with van der Waals surface area (Å²) >= 11 is 0. The zero-order valence-electron chi connectivity index (χ0n) is 13.8. The molecule has 0 saturated carbocycles. The van der Waals surface area contributed by atoms with Crippen molar-refractivity contribution in [3.63, 3.8) is 0 Å². The highest BCUT2D eigenvalue weighted by Gasteiger charge is 1.98. The van der Waals surface area contributed by atoms with Gasteiger partial charge in [0, 0.05) is 6.54 Å². The van der Waals surface area contributed by atoms with Gasteiger partial charge in [-0.05, 0) is 41.8 Å². The van der Waals surface area contributed by atoms with E-state index in [2.05, 4.69) is 66.0 Å². The molecule has 0 radical (unpaired) electrons. The van der Waals surface area contributed by atoms with Gasteiger partial charge in [-0.2, -0.15) is 0 Å². The van der Waals surface area contributed by atoms with Crippen molar-refractivity contribution in [1.82, 2.24) is 5.32 Å². The lowest BCUT2D eigenvalue weighted by Gasteiger charge is -2.08. The predicted octanol–water partition coefficient (Wildman–Crippen LogP) is 4.91. The first kappa shape index (κ1) is 16.3. The van der Waals surface area contributed by atoms with Crippen LogP contribution in [-0.2, 0) is 6.54 Å². The average Bonchev–Trinajstić information content (AvgIpc) is 2.67. The molecule has 0 spiro atoms. The van der Waals surface area contributed by atoms with Gasteiger partial charge in [-0.25, -0.2) is 0 Å². The van der Waals surface area contributed by atoms with Gasteiger partial charge in [-0.1, -0.05) is 72.8 Å². The van der Waals surface area contributed by atoms with Crippen LogP contribution in [0.5, 0.6) is 5.75 Å². The van der Waals surface area contributed by atoms with Crippen molar-refractivity contribution in [3.05, 3.63) is 90.5 Å². The molecular weight excluding hydrogens is 294 g/mol. The molecule has 0 saturated heterocycles. The largest absolute Gasteiger partial charge is 0.494 e. The molecule has 3 rings (SSSR count). The van der Waals surface area contributed by atoms with Gasteiger partial charge >= 0.3 is 0 Å². The molecule has 0 aliphatic rings. The number of benzene rings is 3. The summed E-state index contributed by atoms with van der Waals surface area (Å²) in [4.78, 5) is 0. The summed E-state index contributed by atoms with van der Waals surface area (Å²) in [6.07, 6.45) is 0.993. The standard InChI is InChI=1S/C22H23NO/c1-3-8-19(9-4-1)18-23-16-7-17-24-22-14-12-21(13-15-22)20-10-5-2-6-11-20/h1-6,8-15,23H,7,16-18H2. The number of nitrogens with one attached hydrogen (secondary N) is 1. The maximum Gasteiger partial charge on any atom is 0.119 e. The molecule has 24 heavy (non-hydrogen) atoms. The zero-order valence-corrected chi connectivity index (χ0v) is 13.8. The molecule has 0 aromatic heterocycles. The van der Waals surface area contributed by atoms with Crippen molar-refractivity contribution in [2.24, 2.45) is 0 Å². The first-order chi connectivity index (χ1) is 11.9. The van der Waals surface area contributed by atoms with Gasteiger partial charge in [0.2, 0.25) is 0 Å². The van der Waals surface area contributed by atoms with E-state index in [1.54, 1.807) is 0 Å². The molecule has 0 amide bonds. The summed E-state index contributed by atoms with van der Waals surface area (Å²) in [5, 5.41) is 3.44. The highest BCUT2D eigenvalue weighted by Crippen LogP contribution is 2.22. The smallest absolute Gasteiger partial charge is 0.119 e. The third-order valence-electron chi connectivity index (χ3n) is 3.90. The molecule has 3 aromatic carbocycles. The highest BCUT2D eigenvalue weighted by atomic mass is 16.5. The van der Waals surface area contributed by atoms with Crippen molar-refractivity contribution in [1.29, 1.82) is 0 Å². The van der Waals surface area contributed by atoms with Crippen molar-refractivity contribution in [2.45, 2.75) is 13.0 Å². The molecule has 0 aliphatic heterocycles. The van der Waals surface area contributed by atoms with Crippen LogP contribution >= 0.6 is 0 Å². The molecule has 122 valence electrons. The third-order valence-corrected chi connectivity index (χ3v) is 3.90. The summed E-state index contributed by atoms with van der Waals surface area (Å²) < 4.78 is 5.81. The molecule has 0 heterocycles. The summed E-state index contributed by atoms with van der Waals surface area (Å²) in [5.74, 6) is 0.928. The van der Waals surface area contributed by atoms with E-state index in [4.69, 9.17) is 4.74 Å². The van der Waals surface area contributed by atoms with Crippen LogP contribution in [0.25, 0.3) is 11.1 Å². The predicted molar refractivity (Wildman–Crippen MR) is 100 cm³/mol. The van der Waals surface area contributed by atoms with Crippen LogP contribution in [-0.4, -0.2) is 13.2 Å². The second-order valence-electron chi connectivity index (χ2n) is 5.75. The summed E-state index contributed by atoms with van der Waals surface area (Å²) in [6, 6.07) is 29.1. The van der Waals surface area contributed by atoms with E-state index in [1.807, 2.05) is 24.3 Å². The minimum Gasteiger partial charge on any atom is -0.494 e. The molecular formula is C22H23NO. The van der Waals surface area contributed by atoms with Crippen LogP contribution < -0.4 is 10.1 Å². The normalized spacial score (nSPS) is 10.5. The van der Waals surface area contributed by atoms with E-state index in [-0.39, 0.29) is 0 Å². The van der Waals surface area contributed by atoms with Gasteiger partial charge in [0.05, 0.1) is 6.61 Å². The number of rotatable bonds is 8. The van der Waals surface area contributed by atoms with Crippen LogP contribution in [0.4, 0.5) is 0 Å². The Bertz CT molecular complexity index is 708. The van der Waals surface area contributed by atoms with Gasteiger partial charge in [-0.3, -0.25) is 0 Å². The monoisotopic (exact) mass is 317 g/mol. The third kappa shape index (κ3) is 4.97. The molecule has 0 bridgehead atoms. The topological polar surface area (TPSA) is 21.3 Å². The van der Waals surface area contributed by atoms with E-state index in [1.165, 1.54) is 16.7 Å². The Balaban J connectivity index is 1.36. The Morgan fingerprint density at radius 2 is 1.29 bits per heavy atom. The number of hydrogen-bond acceptors (Lipinski definition) is 2. The van der Waals surface area contributed by atoms with Crippen molar-refractivity contribution >= 4 is 0 Å². The van der Waals surface area contributed by atoms with E-state index in [0.29, 0.717) is 0 Å². The van der Waals surface area contributed by atoms with E-state index in [0.717, 1.165) is 31.9 Å². The van der Waals surface area contributed by atoms with Crippen LogP contribution in [0.2, 0.25) is 0 Å². The van der Waals surface area contributed by atoms with Gasteiger partial charge in [0.15, 0.2) is 0 Å². The summed E-state index contributed by atoms with van der Waals surface area (Å²) in [5.41, 5.74) is 3.76. The molecule has 2 heteroatoms. The van der Waals surface area contributed by atoms with E-state index < -0.39 is 0 Å². The van der Waals surface area contributed by atoms with Crippen LogP contribution in [0.3, 0.4) is 0 Å². The molecule has 0 aliphatic carbocycles. The zero-order chi connectivity index (χ0) is 16.5. The summed E-state index contributed by atoms with van der Waals surface area (Å²) in [6.45, 7) is 2.59. The van der Waals surface area contributed by atoms with Gasteiger partial charge in [-0.15, -0.1) is 0 Å². The number of hydrogen-bond donors (Lipinski definition) is 1. The number of ether oxygens (including phenoxy) is 1. The lowest BCUT2D eigenvalue weighted by molar-refractivity contribution is 0.308. The maximum atomic E-state index is 5.81. The maximum absolute atomic E-state index is 5.81. The van der Waals surface area contributed by atoms with Crippen molar-refractivity contribution in [3.8, 4) is 16.9 Å². The van der Waals surface area contributed by atoms with Gasteiger partial charge < -0.3 is 10.1 Å². The fourth-order valence-electron chi connectivity index (χ4n) is 2.59. The molecule has 0 fully saturated rings. The lowest BCUT2D eigenvalue weighted by atomic mass is 10.1.